The summed E-state index contributed by atoms with van der Waals surface area (Å²) in [4.78, 5) is 24.1. The van der Waals surface area contributed by atoms with Crippen LogP contribution in [-0.4, -0.2) is 10.5 Å². The second kappa shape index (κ2) is 6.14. The molecule has 2 aromatic rings. The fourth-order valence-electron chi connectivity index (χ4n) is 2.01. The Morgan fingerprint density at radius 1 is 1.29 bits per heavy atom. The second-order valence-electron chi connectivity index (χ2n) is 5.05. The maximum Gasteiger partial charge on any atom is 0.257 e. The third kappa shape index (κ3) is 3.52. The number of carbonyl (C=O) groups is 1. The van der Waals surface area contributed by atoms with Crippen LogP contribution in [0.1, 0.15) is 34.6 Å². The molecule has 1 N–H and O–H groups in total. The van der Waals surface area contributed by atoms with Gasteiger partial charge in [-0.1, -0.05) is 23.7 Å². The normalized spacial score (nSPS) is 12.0. The van der Waals surface area contributed by atoms with Crippen molar-refractivity contribution in [3.8, 4) is 0 Å². The largest absolute Gasteiger partial charge is 0.354 e. The molecule has 0 bridgehead atoms. The van der Waals surface area contributed by atoms with Crippen molar-refractivity contribution < 1.29 is 4.79 Å². The van der Waals surface area contributed by atoms with E-state index in [0.717, 1.165) is 11.3 Å². The van der Waals surface area contributed by atoms with Gasteiger partial charge < -0.3 is 9.88 Å². The van der Waals surface area contributed by atoms with Crippen LogP contribution < -0.4 is 10.7 Å². The molecule has 0 aliphatic carbocycles. The number of nitrogens with one attached hydrogen (secondary N) is 1. The number of halogens is 1. The Kier molecular flexibility index (Phi) is 4.48. The highest BCUT2D eigenvalue weighted by molar-refractivity contribution is 6.30. The third-order valence-corrected chi connectivity index (χ3v) is 3.70. The van der Waals surface area contributed by atoms with E-state index in [1.54, 1.807) is 29.9 Å². The van der Waals surface area contributed by atoms with Crippen molar-refractivity contribution in [1.29, 1.82) is 0 Å². The Morgan fingerprint density at radius 2 is 1.90 bits per heavy atom. The van der Waals surface area contributed by atoms with Crippen LogP contribution in [0, 0.1) is 6.92 Å². The predicted molar refractivity (Wildman–Crippen MR) is 83.8 cm³/mol. The number of aryl methyl sites for hydroxylation is 2. The minimum absolute atomic E-state index is 0.143. The number of aromatic nitrogens is 1. The van der Waals surface area contributed by atoms with E-state index in [1.165, 1.54) is 6.07 Å². The highest BCUT2D eigenvalue weighted by Crippen LogP contribution is 2.16. The first-order valence-electron chi connectivity index (χ1n) is 6.62. The molecule has 0 saturated carbocycles. The summed E-state index contributed by atoms with van der Waals surface area (Å²) in [6.07, 6.45) is 1.56. The zero-order valence-electron chi connectivity index (χ0n) is 12.2. The molecular formula is C16H17ClN2O2. The van der Waals surface area contributed by atoms with E-state index in [0.29, 0.717) is 5.02 Å². The first-order chi connectivity index (χ1) is 9.88. The van der Waals surface area contributed by atoms with Gasteiger partial charge in [0.05, 0.1) is 6.04 Å². The van der Waals surface area contributed by atoms with E-state index in [2.05, 4.69) is 5.32 Å². The molecule has 0 unspecified atom stereocenters. The van der Waals surface area contributed by atoms with Crippen LogP contribution in [0.15, 0.2) is 41.3 Å². The molecule has 1 aromatic carbocycles. The van der Waals surface area contributed by atoms with E-state index in [4.69, 9.17) is 11.6 Å². The highest BCUT2D eigenvalue weighted by Gasteiger charge is 2.15. The van der Waals surface area contributed by atoms with Crippen molar-refractivity contribution in [3.05, 3.63) is 68.6 Å². The Bertz CT molecular complexity index is 720. The van der Waals surface area contributed by atoms with Gasteiger partial charge in [0.15, 0.2) is 5.43 Å². The minimum atomic E-state index is -0.377. The number of hydrogen-bond acceptors (Lipinski definition) is 2. The van der Waals surface area contributed by atoms with Crippen molar-refractivity contribution >= 4 is 17.5 Å². The van der Waals surface area contributed by atoms with Gasteiger partial charge in [0, 0.05) is 30.0 Å². The maximum absolute atomic E-state index is 12.2. The van der Waals surface area contributed by atoms with E-state index in [-0.39, 0.29) is 22.9 Å². The van der Waals surface area contributed by atoms with E-state index >= 15 is 0 Å². The van der Waals surface area contributed by atoms with Crippen LogP contribution in [-0.2, 0) is 7.05 Å². The van der Waals surface area contributed by atoms with Gasteiger partial charge in [0.1, 0.15) is 5.56 Å². The van der Waals surface area contributed by atoms with Crippen LogP contribution >= 0.6 is 11.6 Å². The van der Waals surface area contributed by atoms with E-state index in [1.807, 2.05) is 26.0 Å². The number of nitrogens with zero attached hydrogens (tertiary/aromatic N) is 1. The van der Waals surface area contributed by atoms with Crippen molar-refractivity contribution in [2.45, 2.75) is 19.9 Å². The Hall–Kier alpha value is -2.07. The van der Waals surface area contributed by atoms with Crippen molar-refractivity contribution in [2.75, 3.05) is 0 Å². The molecule has 5 heteroatoms. The van der Waals surface area contributed by atoms with Crippen molar-refractivity contribution in [3.63, 3.8) is 0 Å². The number of pyridine rings is 1. The molecule has 0 aliphatic heterocycles. The molecule has 21 heavy (non-hydrogen) atoms. The fourth-order valence-corrected chi connectivity index (χ4v) is 2.13. The molecule has 1 amide bonds. The van der Waals surface area contributed by atoms with Crippen molar-refractivity contribution in [1.82, 2.24) is 9.88 Å². The second-order valence-corrected chi connectivity index (χ2v) is 5.49. The molecule has 0 fully saturated rings. The molecule has 2 rings (SSSR count). The molecular weight excluding hydrogens is 288 g/mol. The number of hydrogen-bond donors (Lipinski definition) is 1. The molecule has 1 aromatic heterocycles. The van der Waals surface area contributed by atoms with E-state index in [9.17, 15) is 9.59 Å². The molecule has 0 radical (unpaired) electrons. The number of amides is 1. The van der Waals surface area contributed by atoms with Crippen LogP contribution in [0.3, 0.4) is 0 Å². The predicted octanol–water partition coefficient (Wildman–Crippen LogP) is 2.84. The summed E-state index contributed by atoms with van der Waals surface area (Å²) in [6, 6.07) is 8.48. The van der Waals surface area contributed by atoms with Gasteiger partial charge in [-0.2, -0.15) is 0 Å². The average Bonchev–Trinajstić information content (AvgIpc) is 2.43. The zero-order chi connectivity index (χ0) is 15.6. The molecule has 1 heterocycles. The maximum atomic E-state index is 12.2. The van der Waals surface area contributed by atoms with Gasteiger partial charge in [-0.3, -0.25) is 9.59 Å². The number of rotatable bonds is 3. The summed E-state index contributed by atoms with van der Waals surface area (Å²) in [6.45, 7) is 3.68. The summed E-state index contributed by atoms with van der Waals surface area (Å²) in [5, 5.41) is 3.47. The molecule has 110 valence electrons. The summed E-state index contributed by atoms with van der Waals surface area (Å²) in [5.74, 6) is -0.377. The van der Waals surface area contributed by atoms with Gasteiger partial charge in [0.25, 0.3) is 5.91 Å². The summed E-state index contributed by atoms with van der Waals surface area (Å²) in [7, 11) is 1.80. The lowest BCUT2D eigenvalue weighted by atomic mass is 10.1. The summed E-state index contributed by atoms with van der Waals surface area (Å²) in [5.41, 5.74) is 1.61. The van der Waals surface area contributed by atoms with Gasteiger partial charge in [0.2, 0.25) is 0 Å². The van der Waals surface area contributed by atoms with Crippen LogP contribution in [0.25, 0.3) is 0 Å². The van der Waals surface area contributed by atoms with Crippen LogP contribution in [0.5, 0.6) is 0 Å². The summed E-state index contributed by atoms with van der Waals surface area (Å²) < 4.78 is 1.75. The number of benzene rings is 1. The lowest BCUT2D eigenvalue weighted by Crippen LogP contribution is -2.31. The third-order valence-electron chi connectivity index (χ3n) is 3.45. The smallest absolute Gasteiger partial charge is 0.257 e. The Morgan fingerprint density at radius 3 is 2.52 bits per heavy atom. The Balaban J connectivity index is 2.20. The quantitative estimate of drug-likeness (QED) is 0.948. The van der Waals surface area contributed by atoms with Gasteiger partial charge in [-0.05, 0) is 31.5 Å². The summed E-state index contributed by atoms with van der Waals surface area (Å²) >= 11 is 5.84. The monoisotopic (exact) mass is 304 g/mol. The van der Waals surface area contributed by atoms with Crippen LogP contribution in [0.4, 0.5) is 0 Å². The zero-order valence-corrected chi connectivity index (χ0v) is 12.9. The first kappa shape index (κ1) is 15.3. The standard InChI is InChI=1S/C16H17ClN2O2/c1-10-8-15(20)14(9-19(10)3)16(21)18-11(2)12-4-6-13(17)7-5-12/h4-9,11H,1-3H3,(H,18,21)/t11-/m1/s1. The number of carbonyl (C=O) groups excluding carboxylic acids is 1. The SMILES string of the molecule is Cc1cc(=O)c(C(=O)N[C@H](C)c2ccc(Cl)cc2)cn1C. The topological polar surface area (TPSA) is 51.1 Å². The van der Waals surface area contributed by atoms with Crippen molar-refractivity contribution in [2.24, 2.45) is 7.05 Å². The minimum Gasteiger partial charge on any atom is -0.354 e. The van der Waals surface area contributed by atoms with Crippen LogP contribution in [0.2, 0.25) is 5.02 Å². The lowest BCUT2D eigenvalue weighted by Gasteiger charge is -2.15. The average molecular weight is 305 g/mol. The highest BCUT2D eigenvalue weighted by atomic mass is 35.5. The molecule has 0 saturated heterocycles. The molecule has 1 atom stereocenters. The van der Waals surface area contributed by atoms with Gasteiger partial charge in [-0.25, -0.2) is 0 Å². The van der Waals surface area contributed by atoms with Gasteiger partial charge >= 0.3 is 0 Å². The molecule has 0 aliphatic rings. The molecule has 0 spiro atoms. The van der Waals surface area contributed by atoms with Gasteiger partial charge in [-0.15, -0.1) is 0 Å². The lowest BCUT2D eigenvalue weighted by molar-refractivity contribution is 0.0938. The first-order valence-corrected chi connectivity index (χ1v) is 7.00. The Labute approximate surface area is 128 Å². The fraction of sp³-hybridized carbons (Fsp3) is 0.250. The van der Waals surface area contributed by atoms with E-state index < -0.39 is 0 Å². The molecule has 4 nitrogen and oxygen atoms in total.